The van der Waals surface area contributed by atoms with Crippen molar-refractivity contribution in [1.82, 2.24) is 0 Å². The second kappa shape index (κ2) is 6.87. The van der Waals surface area contributed by atoms with E-state index in [1.165, 1.54) is 0 Å². The number of benzene rings is 2. The van der Waals surface area contributed by atoms with Crippen LogP contribution in [-0.2, 0) is 12.4 Å². The van der Waals surface area contributed by atoms with Crippen molar-refractivity contribution in [3.63, 3.8) is 0 Å². The van der Waals surface area contributed by atoms with Crippen molar-refractivity contribution in [2.24, 2.45) is 0 Å². The molecule has 0 aliphatic rings. The summed E-state index contributed by atoms with van der Waals surface area (Å²) in [6, 6.07) is 13.5. The molecule has 0 aliphatic carbocycles. The quantitative estimate of drug-likeness (QED) is 0.442. The Morgan fingerprint density at radius 2 is 1.17 bits per heavy atom. The summed E-state index contributed by atoms with van der Waals surface area (Å²) >= 11 is -3.80. The van der Waals surface area contributed by atoms with E-state index in [0.29, 0.717) is 6.54 Å². The summed E-state index contributed by atoms with van der Waals surface area (Å²) < 4.78 is 66.7. The molecule has 0 atom stereocenters. The van der Waals surface area contributed by atoms with Crippen molar-refractivity contribution in [3.05, 3.63) is 59.7 Å². The van der Waals surface area contributed by atoms with Crippen molar-refractivity contribution >= 4 is 38.9 Å². The zero-order valence-corrected chi connectivity index (χ0v) is 16.6. The molecule has 2 aromatic rings. The fourth-order valence-electron chi connectivity index (χ4n) is 1.74. The van der Waals surface area contributed by atoms with E-state index in [9.17, 15) is 21.6 Å². The molecule has 2 aromatic carbocycles. The summed E-state index contributed by atoms with van der Waals surface area (Å²) in [6.45, 7) is 3.68. The van der Waals surface area contributed by atoms with Crippen LogP contribution in [0.2, 0.25) is 0 Å². The molecule has 0 radical (unpaired) electrons. The number of hydrogen-bond donors (Lipinski definition) is 0. The Morgan fingerprint density at radius 3 is 1.48 bits per heavy atom. The van der Waals surface area contributed by atoms with Crippen molar-refractivity contribution in [1.29, 1.82) is 0 Å². The van der Waals surface area contributed by atoms with Crippen molar-refractivity contribution in [2.45, 2.75) is 19.4 Å². The molecular formula is C15H14BiF3O3S. The molecule has 23 heavy (non-hydrogen) atoms. The molecule has 0 amide bonds. The van der Waals surface area contributed by atoms with E-state index in [4.69, 9.17) is 2.26 Å². The van der Waals surface area contributed by atoms with Crippen molar-refractivity contribution < 1.29 is 23.8 Å². The Morgan fingerprint density at radius 1 is 0.826 bits per heavy atom. The van der Waals surface area contributed by atoms with E-state index in [1.54, 1.807) is 48.5 Å². The van der Waals surface area contributed by atoms with Gasteiger partial charge in [-0.3, -0.25) is 0 Å². The van der Waals surface area contributed by atoms with Gasteiger partial charge in [-0.15, -0.1) is 0 Å². The summed E-state index contributed by atoms with van der Waals surface area (Å²) in [6.07, 6.45) is 0. The van der Waals surface area contributed by atoms with E-state index in [1.807, 2.05) is 13.8 Å². The first kappa shape index (κ1) is 18.4. The minimum absolute atomic E-state index is 0.530. The Bertz CT molecular complexity index is 724. The number of alkyl halides is 3. The summed E-state index contributed by atoms with van der Waals surface area (Å²) in [5, 5.41) is 0. The van der Waals surface area contributed by atoms with Gasteiger partial charge in [-0.25, -0.2) is 0 Å². The van der Waals surface area contributed by atoms with Gasteiger partial charge in [-0.05, 0) is 0 Å². The topological polar surface area (TPSA) is 43.4 Å². The third-order valence-corrected chi connectivity index (χ3v) is 13.9. The molecular weight excluding hydrogens is 526 g/mol. The van der Waals surface area contributed by atoms with E-state index in [-0.39, 0.29) is 0 Å². The molecule has 3 nitrogen and oxygen atoms in total. The van der Waals surface area contributed by atoms with Gasteiger partial charge in [0.1, 0.15) is 0 Å². The number of aryl methyl sites for hydroxylation is 2. The Balaban J connectivity index is 2.48. The van der Waals surface area contributed by atoms with Crippen LogP contribution in [0.1, 0.15) is 11.1 Å². The summed E-state index contributed by atoms with van der Waals surface area (Å²) in [5.74, 6) is 0. The van der Waals surface area contributed by atoms with Gasteiger partial charge in [-0.1, -0.05) is 0 Å². The number of hydrogen-bond acceptors (Lipinski definition) is 3. The monoisotopic (exact) mass is 540 g/mol. The molecule has 0 saturated heterocycles. The van der Waals surface area contributed by atoms with Gasteiger partial charge in [0.15, 0.2) is 0 Å². The third kappa shape index (κ3) is 4.52. The first-order valence-corrected chi connectivity index (χ1v) is 12.8. The first-order chi connectivity index (χ1) is 10.6. The zero-order chi connectivity index (χ0) is 17.3. The Hall–Kier alpha value is -0.977. The number of halogens is 3. The van der Waals surface area contributed by atoms with E-state index < -0.39 is 37.8 Å². The summed E-state index contributed by atoms with van der Waals surface area (Å²) in [4.78, 5) is 0. The van der Waals surface area contributed by atoms with E-state index in [0.717, 1.165) is 11.1 Å². The predicted molar refractivity (Wildman–Crippen MR) is 83.4 cm³/mol. The molecule has 0 heterocycles. The van der Waals surface area contributed by atoms with Crippen LogP contribution in [-0.4, -0.2) is 36.1 Å². The van der Waals surface area contributed by atoms with Crippen LogP contribution in [0.25, 0.3) is 0 Å². The Kier molecular flexibility index (Phi) is 5.49. The van der Waals surface area contributed by atoms with Crippen LogP contribution in [0.15, 0.2) is 48.5 Å². The first-order valence-electron chi connectivity index (χ1n) is 6.54. The molecule has 0 N–H and O–H groups in total. The maximum absolute atomic E-state index is 12.7. The maximum atomic E-state index is 12.7. The molecule has 0 fully saturated rings. The second-order valence-electron chi connectivity index (χ2n) is 4.94. The minimum atomic E-state index is -5.62. The molecule has 0 unspecified atom stereocenters. The van der Waals surface area contributed by atoms with Crippen LogP contribution < -0.4 is 6.54 Å². The molecule has 0 aliphatic heterocycles. The average Bonchev–Trinajstić information content (AvgIpc) is 2.46. The molecule has 124 valence electrons. The van der Waals surface area contributed by atoms with Crippen LogP contribution in [0.3, 0.4) is 0 Å². The van der Waals surface area contributed by atoms with Crippen LogP contribution in [0, 0.1) is 13.8 Å². The molecule has 0 bridgehead atoms. The van der Waals surface area contributed by atoms with Crippen LogP contribution >= 0.6 is 0 Å². The summed E-state index contributed by atoms with van der Waals surface area (Å²) in [7, 11) is -5.62. The van der Waals surface area contributed by atoms with E-state index >= 15 is 0 Å². The van der Waals surface area contributed by atoms with Crippen LogP contribution in [0.5, 0.6) is 0 Å². The summed E-state index contributed by atoms with van der Waals surface area (Å²) in [5.41, 5.74) is -3.56. The standard InChI is InChI=1S/2C7H7.CHF3O3S.Bi/c2*1-7-5-3-2-4-6-7;2-1(3,4)8(5,6)7;/h2*3-6H,1H3;(H,5,6,7);/q;;;+1/p-1. The Labute approximate surface area is 141 Å². The van der Waals surface area contributed by atoms with Gasteiger partial charge >= 0.3 is 142 Å². The zero-order valence-electron chi connectivity index (χ0n) is 12.3. The van der Waals surface area contributed by atoms with Crippen molar-refractivity contribution in [2.75, 3.05) is 0 Å². The molecule has 0 aromatic heterocycles. The van der Waals surface area contributed by atoms with Crippen LogP contribution in [0.4, 0.5) is 13.2 Å². The molecule has 0 spiro atoms. The van der Waals surface area contributed by atoms with Gasteiger partial charge < -0.3 is 0 Å². The van der Waals surface area contributed by atoms with Gasteiger partial charge in [0.2, 0.25) is 0 Å². The van der Waals surface area contributed by atoms with Crippen molar-refractivity contribution in [3.8, 4) is 0 Å². The predicted octanol–water partition coefficient (Wildman–Crippen LogP) is 2.28. The van der Waals surface area contributed by atoms with E-state index in [2.05, 4.69) is 0 Å². The molecule has 8 heteroatoms. The SMILES string of the molecule is Cc1cc[c]([Bi]([O]S(=O)(=O)C(F)(F)F)[c]2ccc(C)cc2)cc1. The molecule has 2 rings (SSSR count). The molecule has 0 saturated carbocycles. The van der Waals surface area contributed by atoms with Gasteiger partial charge in [0.25, 0.3) is 0 Å². The fraction of sp³-hybridized carbons (Fsp3) is 0.200. The number of rotatable bonds is 4. The second-order valence-corrected chi connectivity index (χ2v) is 14.5. The third-order valence-electron chi connectivity index (χ3n) is 2.99. The van der Waals surface area contributed by atoms with Gasteiger partial charge in [0.05, 0.1) is 0 Å². The normalized spacial score (nSPS) is 12.6. The fourth-order valence-corrected chi connectivity index (χ4v) is 11.9. The van der Waals surface area contributed by atoms with Gasteiger partial charge in [0, 0.05) is 0 Å². The average molecular weight is 540 g/mol. The van der Waals surface area contributed by atoms with Gasteiger partial charge in [-0.2, -0.15) is 0 Å².